The van der Waals surface area contributed by atoms with Gasteiger partial charge in [0.1, 0.15) is 16.9 Å². The van der Waals surface area contributed by atoms with Gasteiger partial charge in [0.05, 0.1) is 16.2 Å². The first-order valence-corrected chi connectivity index (χ1v) is 12.0. The number of carbonyl (C=O) groups excluding carboxylic acids is 1. The Bertz CT molecular complexity index is 1260. The lowest BCUT2D eigenvalue weighted by molar-refractivity contribution is -0.113. The van der Waals surface area contributed by atoms with Crippen molar-refractivity contribution >= 4 is 39.2 Å². The Morgan fingerprint density at radius 1 is 1.22 bits per heavy atom. The van der Waals surface area contributed by atoms with E-state index in [0.717, 1.165) is 5.69 Å². The Morgan fingerprint density at radius 3 is 2.53 bits per heavy atom. The van der Waals surface area contributed by atoms with Crippen molar-refractivity contribution < 1.29 is 17.7 Å². The van der Waals surface area contributed by atoms with E-state index in [4.69, 9.17) is 4.52 Å². The summed E-state index contributed by atoms with van der Waals surface area (Å²) in [6.45, 7) is 5.65. The number of nitriles is 1. The maximum Gasteiger partial charge on any atom is 0.263 e. The minimum atomic E-state index is -3.84. The number of amides is 1. The van der Waals surface area contributed by atoms with Gasteiger partial charge in [-0.15, -0.1) is 0 Å². The van der Waals surface area contributed by atoms with Crippen LogP contribution in [0.5, 0.6) is 0 Å². The van der Waals surface area contributed by atoms with Crippen LogP contribution in [0.2, 0.25) is 0 Å². The SMILES string of the molecule is Cc1cc(NS(=O)(=O)c2ccc(NC(=O)CSc3nc(C(C)C)ccc3C#N)cc2)no1. The zero-order valence-corrected chi connectivity index (χ0v) is 19.3. The van der Waals surface area contributed by atoms with Crippen molar-refractivity contribution in [2.45, 2.75) is 36.6 Å². The number of benzene rings is 1. The fraction of sp³-hybridized carbons (Fsp3) is 0.238. The molecule has 0 bridgehead atoms. The van der Waals surface area contributed by atoms with Crippen LogP contribution < -0.4 is 10.0 Å². The molecule has 9 nitrogen and oxygen atoms in total. The highest BCUT2D eigenvalue weighted by Crippen LogP contribution is 2.24. The predicted octanol–water partition coefficient (Wildman–Crippen LogP) is 3.90. The number of sulfonamides is 1. The summed E-state index contributed by atoms with van der Waals surface area (Å²) < 4.78 is 32.0. The highest BCUT2D eigenvalue weighted by Gasteiger charge is 2.17. The second kappa shape index (κ2) is 9.84. The molecule has 2 aromatic heterocycles. The van der Waals surface area contributed by atoms with Gasteiger partial charge in [-0.2, -0.15) is 5.26 Å². The Hall–Kier alpha value is -3.36. The largest absolute Gasteiger partial charge is 0.360 e. The summed E-state index contributed by atoms with van der Waals surface area (Å²) in [5.74, 6) is 0.516. The Balaban J connectivity index is 1.62. The topological polar surface area (TPSA) is 138 Å². The molecule has 0 spiro atoms. The van der Waals surface area contributed by atoms with E-state index in [0.29, 0.717) is 22.0 Å². The molecule has 0 aliphatic rings. The maximum absolute atomic E-state index is 12.4. The molecule has 166 valence electrons. The van der Waals surface area contributed by atoms with E-state index in [1.54, 1.807) is 13.0 Å². The lowest BCUT2D eigenvalue weighted by Gasteiger charge is -2.10. The van der Waals surface area contributed by atoms with Gasteiger partial charge in [0.25, 0.3) is 10.0 Å². The van der Waals surface area contributed by atoms with Crippen LogP contribution >= 0.6 is 11.8 Å². The van der Waals surface area contributed by atoms with E-state index in [1.165, 1.54) is 42.1 Å². The minimum Gasteiger partial charge on any atom is -0.360 e. The number of aromatic nitrogens is 2. The smallest absolute Gasteiger partial charge is 0.263 e. The van der Waals surface area contributed by atoms with E-state index in [1.807, 2.05) is 19.9 Å². The van der Waals surface area contributed by atoms with E-state index in [-0.39, 0.29) is 28.3 Å². The summed E-state index contributed by atoms with van der Waals surface area (Å²) >= 11 is 1.17. The van der Waals surface area contributed by atoms with Gasteiger partial charge >= 0.3 is 0 Å². The molecule has 0 radical (unpaired) electrons. The molecule has 0 saturated heterocycles. The lowest BCUT2D eigenvalue weighted by Crippen LogP contribution is -2.15. The van der Waals surface area contributed by atoms with E-state index < -0.39 is 10.0 Å². The van der Waals surface area contributed by atoms with Crippen LogP contribution in [0, 0.1) is 18.3 Å². The van der Waals surface area contributed by atoms with Crippen molar-refractivity contribution in [3.63, 3.8) is 0 Å². The molecule has 0 fully saturated rings. The Labute approximate surface area is 190 Å². The first-order chi connectivity index (χ1) is 15.2. The number of aryl methyl sites for hydroxylation is 1. The molecule has 1 amide bonds. The van der Waals surface area contributed by atoms with E-state index in [2.05, 4.69) is 26.2 Å². The molecule has 2 N–H and O–H groups in total. The number of hydrogen-bond acceptors (Lipinski definition) is 8. The zero-order valence-electron chi connectivity index (χ0n) is 17.6. The molecule has 0 aliphatic carbocycles. The van der Waals surface area contributed by atoms with Gasteiger partial charge in [0.15, 0.2) is 5.82 Å². The van der Waals surface area contributed by atoms with E-state index >= 15 is 0 Å². The third-order valence-corrected chi connectivity index (χ3v) is 6.61. The van der Waals surface area contributed by atoms with Crippen LogP contribution in [0.4, 0.5) is 11.5 Å². The third-order valence-electron chi connectivity index (χ3n) is 4.25. The second-order valence-corrected chi connectivity index (χ2v) is 9.79. The third kappa shape index (κ3) is 5.87. The monoisotopic (exact) mass is 471 g/mol. The molecule has 0 unspecified atom stereocenters. The first-order valence-electron chi connectivity index (χ1n) is 9.58. The Morgan fingerprint density at radius 2 is 1.94 bits per heavy atom. The number of rotatable bonds is 8. The van der Waals surface area contributed by atoms with Gasteiger partial charge in [-0.1, -0.05) is 30.8 Å². The van der Waals surface area contributed by atoms with E-state index in [9.17, 15) is 18.5 Å². The summed E-state index contributed by atoms with van der Waals surface area (Å²) in [6, 6.07) is 12.8. The van der Waals surface area contributed by atoms with Gasteiger partial charge in [-0.3, -0.25) is 9.52 Å². The van der Waals surface area contributed by atoms with Crippen LogP contribution in [0.15, 0.2) is 56.9 Å². The molecule has 0 saturated carbocycles. The zero-order chi connectivity index (χ0) is 23.3. The van der Waals surface area contributed by atoms with Crippen molar-refractivity contribution in [1.82, 2.24) is 10.1 Å². The molecule has 2 heterocycles. The molecule has 0 atom stereocenters. The number of nitrogens with zero attached hydrogens (tertiary/aromatic N) is 3. The van der Waals surface area contributed by atoms with Crippen molar-refractivity contribution in [3.8, 4) is 6.07 Å². The molecule has 1 aromatic carbocycles. The van der Waals surface area contributed by atoms with Crippen molar-refractivity contribution in [1.29, 1.82) is 5.26 Å². The van der Waals surface area contributed by atoms with Gasteiger partial charge in [-0.25, -0.2) is 13.4 Å². The molecular formula is C21H21N5O4S2. The fourth-order valence-corrected chi connectivity index (χ4v) is 4.39. The number of nitrogens with one attached hydrogen (secondary N) is 2. The van der Waals surface area contributed by atoms with Gasteiger partial charge in [0, 0.05) is 17.4 Å². The lowest BCUT2D eigenvalue weighted by atomic mass is 10.1. The first kappa shape index (κ1) is 23.3. The van der Waals surface area contributed by atoms with Gasteiger partial charge in [-0.05, 0) is 49.2 Å². The Kier molecular flexibility index (Phi) is 7.17. The van der Waals surface area contributed by atoms with Crippen LogP contribution in [0.1, 0.15) is 36.8 Å². The predicted molar refractivity (Wildman–Crippen MR) is 121 cm³/mol. The average Bonchev–Trinajstić information content (AvgIpc) is 3.16. The van der Waals surface area contributed by atoms with Crippen LogP contribution in [-0.4, -0.2) is 30.2 Å². The van der Waals surface area contributed by atoms with Crippen molar-refractivity contribution in [3.05, 3.63) is 59.5 Å². The summed E-state index contributed by atoms with van der Waals surface area (Å²) in [5, 5.41) is 16.1. The number of hydrogen-bond donors (Lipinski definition) is 2. The maximum atomic E-state index is 12.4. The van der Waals surface area contributed by atoms with Gasteiger partial charge < -0.3 is 9.84 Å². The standard InChI is InChI=1S/C21H21N5O4S2/c1-13(2)18-9-4-15(11-22)21(24-18)31-12-20(27)23-16-5-7-17(8-6-16)32(28,29)26-19-10-14(3)30-25-19/h4-10,13H,12H2,1-3H3,(H,23,27)(H,25,26). The summed E-state index contributed by atoms with van der Waals surface area (Å²) in [6.07, 6.45) is 0. The second-order valence-electron chi connectivity index (χ2n) is 7.14. The minimum absolute atomic E-state index is 0.0129. The quantitative estimate of drug-likeness (QED) is 0.472. The number of carbonyl (C=O) groups is 1. The summed E-state index contributed by atoms with van der Waals surface area (Å²) in [4.78, 5) is 16.8. The fourth-order valence-electron chi connectivity index (χ4n) is 2.63. The molecule has 3 aromatic rings. The number of pyridine rings is 1. The van der Waals surface area contributed by atoms with Crippen LogP contribution in [0.3, 0.4) is 0 Å². The molecular weight excluding hydrogens is 450 g/mol. The van der Waals surface area contributed by atoms with Crippen LogP contribution in [0.25, 0.3) is 0 Å². The average molecular weight is 472 g/mol. The van der Waals surface area contributed by atoms with Crippen molar-refractivity contribution in [2.24, 2.45) is 0 Å². The summed E-state index contributed by atoms with van der Waals surface area (Å²) in [7, 11) is -3.84. The van der Waals surface area contributed by atoms with Gasteiger partial charge in [0.2, 0.25) is 5.91 Å². The van der Waals surface area contributed by atoms with Crippen LogP contribution in [-0.2, 0) is 14.8 Å². The highest BCUT2D eigenvalue weighted by molar-refractivity contribution is 8.00. The molecule has 0 aliphatic heterocycles. The number of anilines is 2. The highest BCUT2D eigenvalue weighted by atomic mass is 32.2. The molecule has 32 heavy (non-hydrogen) atoms. The summed E-state index contributed by atoms with van der Waals surface area (Å²) in [5.41, 5.74) is 1.70. The molecule has 11 heteroatoms. The number of thioether (sulfide) groups is 1. The normalized spacial score (nSPS) is 11.2. The molecule has 3 rings (SSSR count). The van der Waals surface area contributed by atoms with Crippen molar-refractivity contribution in [2.75, 3.05) is 15.8 Å².